The van der Waals surface area contributed by atoms with E-state index in [9.17, 15) is 9.90 Å². The van der Waals surface area contributed by atoms with Crippen LogP contribution in [0.3, 0.4) is 0 Å². The number of halogens is 2. The first-order valence-electron chi connectivity index (χ1n) is 7.37. The fraction of sp³-hybridized carbons (Fsp3) is 0.118. The highest BCUT2D eigenvalue weighted by molar-refractivity contribution is 6.56. The number of rotatable bonds is 4. The number of benzene rings is 2. The van der Waals surface area contributed by atoms with E-state index in [2.05, 4.69) is 15.5 Å². The van der Waals surface area contributed by atoms with Crippen molar-refractivity contribution in [1.82, 2.24) is 0 Å². The molecule has 2 N–H and O–H groups in total. The van der Waals surface area contributed by atoms with Gasteiger partial charge in [0, 0.05) is 16.1 Å². The van der Waals surface area contributed by atoms with Crippen LogP contribution in [-0.2, 0) is 4.79 Å². The van der Waals surface area contributed by atoms with Gasteiger partial charge in [-0.2, -0.15) is 5.10 Å². The molecule has 1 amide bonds. The van der Waals surface area contributed by atoms with Crippen molar-refractivity contribution in [2.75, 3.05) is 11.9 Å². The highest BCUT2D eigenvalue weighted by Gasteiger charge is 2.28. The van der Waals surface area contributed by atoms with Gasteiger partial charge in [0.2, 0.25) is 0 Å². The molecular formula is C17H13Cl2N3O3. The minimum Gasteiger partial charge on any atom is -0.504 e. The highest BCUT2D eigenvalue weighted by Crippen LogP contribution is 2.34. The SMILES string of the molecule is CCOc1cccc(C=NN=C2C(=O)Nc3c(Cl)cc(Cl)cc32)c1O. The first-order valence-corrected chi connectivity index (χ1v) is 8.13. The lowest BCUT2D eigenvalue weighted by atomic mass is 10.1. The van der Waals surface area contributed by atoms with Gasteiger partial charge in [-0.15, -0.1) is 5.10 Å². The van der Waals surface area contributed by atoms with Crippen molar-refractivity contribution in [3.63, 3.8) is 0 Å². The Morgan fingerprint density at radius 1 is 1.32 bits per heavy atom. The molecule has 3 rings (SSSR count). The number of phenolic OH excluding ortho intramolecular Hbond substituents is 1. The molecule has 8 heteroatoms. The fourth-order valence-electron chi connectivity index (χ4n) is 2.35. The van der Waals surface area contributed by atoms with Crippen LogP contribution in [0.15, 0.2) is 40.5 Å². The zero-order chi connectivity index (χ0) is 18.0. The van der Waals surface area contributed by atoms with Crippen LogP contribution in [0.1, 0.15) is 18.1 Å². The lowest BCUT2D eigenvalue weighted by molar-refractivity contribution is -0.110. The van der Waals surface area contributed by atoms with E-state index in [0.717, 1.165) is 0 Å². The Morgan fingerprint density at radius 2 is 2.12 bits per heavy atom. The molecule has 0 atom stereocenters. The van der Waals surface area contributed by atoms with E-state index in [4.69, 9.17) is 27.9 Å². The van der Waals surface area contributed by atoms with E-state index in [-0.39, 0.29) is 11.5 Å². The van der Waals surface area contributed by atoms with Gasteiger partial charge in [0.25, 0.3) is 5.91 Å². The average molecular weight is 378 g/mol. The standard InChI is InChI=1S/C17H13Cl2N3O3/c1-2-25-13-5-3-4-9(16(13)23)8-20-22-15-11-6-10(18)7-12(19)14(11)21-17(15)24/h3-8,23H,2H2,1H3,(H,21,22,24). The predicted octanol–water partition coefficient (Wildman–Crippen LogP) is 3.87. The van der Waals surface area contributed by atoms with Crippen molar-refractivity contribution in [1.29, 1.82) is 0 Å². The Morgan fingerprint density at radius 3 is 2.88 bits per heavy atom. The second-order valence-electron chi connectivity index (χ2n) is 5.08. The zero-order valence-corrected chi connectivity index (χ0v) is 14.6. The van der Waals surface area contributed by atoms with E-state index < -0.39 is 5.91 Å². The van der Waals surface area contributed by atoms with Crippen molar-refractivity contribution in [2.24, 2.45) is 10.2 Å². The summed E-state index contributed by atoms with van der Waals surface area (Å²) >= 11 is 12.0. The number of para-hydroxylation sites is 1. The molecule has 0 unspecified atom stereocenters. The minimum atomic E-state index is -0.427. The van der Waals surface area contributed by atoms with Crippen molar-refractivity contribution in [3.8, 4) is 11.5 Å². The largest absolute Gasteiger partial charge is 0.504 e. The Balaban J connectivity index is 1.92. The normalized spacial score (nSPS) is 14.8. The number of fused-ring (bicyclic) bond motifs is 1. The third-order valence-corrected chi connectivity index (χ3v) is 3.96. The number of hydrogen-bond donors (Lipinski definition) is 2. The molecule has 1 aliphatic rings. The molecule has 128 valence electrons. The lowest BCUT2D eigenvalue weighted by Gasteiger charge is -2.06. The molecule has 0 aliphatic carbocycles. The minimum absolute atomic E-state index is 0.0457. The van der Waals surface area contributed by atoms with Crippen LogP contribution < -0.4 is 10.1 Å². The van der Waals surface area contributed by atoms with Gasteiger partial charge in [-0.3, -0.25) is 4.79 Å². The molecule has 6 nitrogen and oxygen atoms in total. The van der Waals surface area contributed by atoms with Crippen molar-refractivity contribution < 1.29 is 14.6 Å². The maximum absolute atomic E-state index is 12.1. The molecule has 2 aromatic rings. The molecule has 0 saturated heterocycles. The van der Waals surface area contributed by atoms with Crippen molar-refractivity contribution in [3.05, 3.63) is 51.5 Å². The smallest absolute Gasteiger partial charge is 0.276 e. The second-order valence-corrected chi connectivity index (χ2v) is 5.93. The van der Waals surface area contributed by atoms with Crippen LogP contribution in [0.2, 0.25) is 10.0 Å². The van der Waals surface area contributed by atoms with Crippen LogP contribution in [-0.4, -0.2) is 29.5 Å². The van der Waals surface area contributed by atoms with Crippen LogP contribution in [0.5, 0.6) is 11.5 Å². The third kappa shape index (κ3) is 3.45. The summed E-state index contributed by atoms with van der Waals surface area (Å²) in [6, 6.07) is 8.13. The monoisotopic (exact) mass is 377 g/mol. The van der Waals surface area contributed by atoms with E-state index in [1.807, 2.05) is 6.92 Å². The number of aromatic hydroxyl groups is 1. The molecule has 1 heterocycles. The molecule has 0 aromatic heterocycles. The third-order valence-electron chi connectivity index (χ3n) is 3.45. The summed E-state index contributed by atoms with van der Waals surface area (Å²) in [5, 5.41) is 21.3. The molecule has 0 spiro atoms. The van der Waals surface area contributed by atoms with E-state index in [1.54, 1.807) is 24.3 Å². The summed E-state index contributed by atoms with van der Waals surface area (Å²) in [6.45, 7) is 2.24. The van der Waals surface area contributed by atoms with Gasteiger partial charge >= 0.3 is 0 Å². The van der Waals surface area contributed by atoms with E-state index >= 15 is 0 Å². The van der Waals surface area contributed by atoms with E-state index in [1.165, 1.54) is 12.3 Å². The molecule has 0 bridgehead atoms. The number of nitrogens with zero attached hydrogens (tertiary/aromatic N) is 2. The number of phenols is 1. The van der Waals surface area contributed by atoms with Crippen LogP contribution in [0.25, 0.3) is 0 Å². The Hall–Kier alpha value is -2.57. The summed E-state index contributed by atoms with van der Waals surface area (Å²) in [4.78, 5) is 12.1. The summed E-state index contributed by atoms with van der Waals surface area (Å²) in [7, 11) is 0. The van der Waals surface area contributed by atoms with E-state index in [0.29, 0.717) is 39.2 Å². The molecule has 0 radical (unpaired) electrons. The van der Waals surface area contributed by atoms with Gasteiger partial charge in [0.05, 0.1) is 23.5 Å². The van der Waals surface area contributed by atoms with Gasteiger partial charge in [0.15, 0.2) is 17.2 Å². The fourth-order valence-corrected chi connectivity index (χ4v) is 2.89. The number of carbonyl (C=O) groups excluding carboxylic acids is 1. The maximum Gasteiger partial charge on any atom is 0.276 e. The lowest BCUT2D eigenvalue weighted by Crippen LogP contribution is -2.13. The van der Waals surface area contributed by atoms with Gasteiger partial charge in [-0.05, 0) is 31.2 Å². The summed E-state index contributed by atoms with van der Waals surface area (Å²) in [5.74, 6) is -0.124. The highest BCUT2D eigenvalue weighted by atomic mass is 35.5. The van der Waals surface area contributed by atoms with Crippen molar-refractivity contribution in [2.45, 2.75) is 6.92 Å². The Kier molecular flexibility index (Phi) is 4.92. The molecule has 25 heavy (non-hydrogen) atoms. The Labute approximate surface area is 153 Å². The number of carbonyl (C=O) groups is 1. The first-order chi connectivity index (χ1) is 12.0. The number of hydrogen-bond acceptors (Lipinski definition) is 5. The van der Waals surface area contributed by atoms with Crippen LogP contribution >= 0.6 is 23.2 Å². The van der Waals surface area contributed by atoms with Crippen molar-refractivity contribution >= 4 is 46.7 Å². The quantitative estimate of drug-likeness (QED) is 0.626. The van der Waals surface area contributed by atoms with Gasteiger partial charge < -0.3 is 15.2 Å². The number of ether oxygens (including phenoxy) is 1. The Bertz CT molecular complexity index is 910. The predicted molar refractivity (Wildman–Crippen MR) is 98.5 cm³/mol. The zero-order valence-electron chi connectivity index (χ0n) is 13.1. The van der Waals surface area contributed by atoms with Crippen LogP contribution in [0, 0.1) is 0 Å². The summed E-state index contributed by atoms with van der Waals surface area (Å²) < 4.78 is 5.31. The van der Waals surface area contributed by atoms with Gasteiger partial charge in [-0.1, -0.05) is 29.3 Å². The number of nitrogens with one attached hydrogen (secondary N) is 1. The maximum atomic E-state index is 12.1. The average Bonchev–Trinajstić information content (AvgIpc) is 2.88. The number of anilines is 1. The molecule has 0 fully saturated rings. The topological polar surface area (TPSA) is 83.3 Å². The van der Waals surface area contributed by atoms with Gasteiger partial charge in [0.1, 0.15) is 0 Å². The summed E-state index contributed by atoms with van der Waals surface area (Å²) in [5.41, 5.74) is 1.44. The molecule has 1 aliphatic heterocycles. The van der Waals surface area contributed by atoms with Gasteiger partial charge in [-0.25, -0.2) is 0 Å². The molecule has 0 saturated carbocycles. The van der Waals surface area contributed by atoms with Crippen LogP contribution in [0.4, 0.5) is 5.69 Å². The first kappa shape index (κ1) is 17.3. The molecule has 2 aromatic carbocycles. The number of amides is 1. The molecular weight excluding hydrogens is 365 g/mol. The second kappa shape index (κ2) is 7.13. The summed E-state index contributed by atoms with van der Waals surface area (Å²) in [6.07, 6.45) is 1.34.